The van der Waals surface area contributed by atoms with Crippen LogP contribution in [0.1, 0.15) is 23.6 Å². The van der Waals surface area contributed by atoms with Crippen molar-refractivity contribution in [3.8, 4) is 5.75 Å². The van der Waals surface area contributed by atoms with Gasteiger partial charge in [0.1, 0.15) is 5.75 Å². The lowest BCUT2D eigenvalue weighted by Gasteiger charge is -2.30. The molecule has 0 aliphatic rings. The molecule has 0 radical (unpaired) electrons. The third-order valence-electron chi connectivity index (χ3n) is 4.83. The predicted molar refractivity (Wildman–Crippen MR) is 110 cm³/mol. The van der Waals surface area contributed by atoms with Crippen molar-refractivity contribution >= 4 is 11.6 Å². The second-order valence-corrected chi connectivity index (χ2v) is 8.04. The van der Waals surface area contributed by atoms with Crippen molar-refractivity contribution in [2.45, 2.75) is 44.3 Å². The van der Waals surface area contributed by atoms with Gasteiger partial charge in [0.05, 0.1) is 12.1 Å². The summed E-state index contributed by atoms with van der Waals surface area (Å²) in [6.45, 7) is -3.12. The molecule has 0 aliphatic heterocycles. The van der Waals surface area contributed by atoms with Crippen LogP contribution < -0.4 is 4.74 Å². The Bertz CT molecular complexity index is 949. The van der Waals surface area contributed by atoms with E-state index in [1.165, 1.54) is 24.3 Å². The van der Waals surface area contributed by atoms with Gasteiger partial charge >= 0.3 is 12.4 Å². The molecule has 34 heavy (non-hydrogen) atoms. The Labute approximate surface area is 195 Å². The Morgan fingerprint density at radius 2 is 1.62 bits per heavy atom. The van der Waals surface area contributed by atoms with Crippen molar-refractivity contribution in [1.82, 2.24) is 4.90 Å². The fraction of sp³-hybridized carbons (Fsp3) is 0.455. The van der Waals surface area contributed by atoms with Crippen LogP contribution in [0, 0.1) is 0 Å². The number of alkyl halides is 8. The zero-order valence-corrected chi connectivity index (χ0v) is 18.6. The van der Waals surface area contributed by atoms with Gasteiger partial charge in [0, 0.05) is 18.1 Å². The highest BCUT2D eigenvalue weighted by Crippen LogP contribution is 2.33. The molecule has 1 N–H and O–H groups in total. The quantitative estimate of drug-likeness (QED) is 0.371. The Balaban J connectivity index is 2.22. The van der Waals surface area contributed by atoms with Crippen LogP contribution in [-0.2, 0) is 19.1 Å². The minimum atomic E-state index is -5.15. The third-order valence-corrected chi connectivity index (χ3v) is 5.20. The summed E-state index contributed by atoms with van der Waals surface area (Å²) in [5.74, 6) is -3.71. The summed E-state index contributed by atoms with van der Waals surface area (Å²) in [5, 5.41) is 9.77. The van der Waals surface area contributed by atoms with Crippen LogP contribution in [0.4, 0.5) is 35.1 Å². The first kappa shape index (κ1) is 28.1. The molecule has 12 heteroatoms. The van der Waals surface area contributed by atoms with E-state index in [0.29, 0.717) is 28.0 Å². The van der Waals surface area contributed by atoms with Crippen molar-refractivity contribution < 1.29 is 45.0 Å². The van der Waals surface area contributed by atoms with Gasteiger partial charge in [0.15, 0.2) is 12.7 Å². The van der Waals surface area contributed by atoms with Crippen LogP contribution in [0.3, 0.4) is 0 Å². The fourth-order valence-electron chi connectivity index (χ4n) is 3.18. The molecule has 0 fully saturated rings. The molecule has 0 saturated carbocycles. The molecule has 0 saturated heterocycles. The van der Waals surface area contributed by atoms with Gasteiger partial charge in [0.25, 0.3) is 5.92 Å². The van der Waals surface area contributed by atoms with E-state index in [0.717, 1.165) is 12.1 Å². The molecule has 2 rings (SSSR count). The van der Waals surface area contributed by atoms with Crippen molar-refractivity contribution in [2.24, 2.45) is 0 Å². The van der Waals surface area contributed by atoms with E-state index in [2.05, 4.69) is 0 Å². The lowest BCUT2D eigenvalue weighted by atomic mass is 10.1. The first-order valence-electron chi connectivity index (χ1n) is 10.0. The van der Waals surface area contributed by atoms with Gasteiger partial charge in [-0.05, 0) is 41.8 Å². The first-order valence-corrected chi connectivity index (χ1v) is 10.4. The van der Waals surface area contributed by atoms with Crippen molar-refractivity contribution in [3.63, 3.8) is 0 Å². The number of aliphatic hydroxyl groups excluding tert-OH is 1. The van der Waals surface area contributed by atoms with Crippen LogP contribution in [0.15, 0.2) is 42.5 Å². The number of benzene rings is 2. The van der Waals surface area contributed by atoms with Gasteiger partial charge in [-0.25, -0.2) is 8.78 Å². The maximum atomic E-state index is 14.6. The highest BCUT2D eigenvalue weighted by atomic mass is 35.5. The average molecular weight is 520 g/mol. The van der Waals surface area contributed by atoms with E-state index in [4.69, 9.17) is 16.3 Å². The molecule has 1 atom stereocenters. The Morgan fingerprint density at radius 3 is 2.21 bits per heavy atom. The average Bonchev–Trinajstić information content (AvgIpc) is 2.71. The summed E-state index contributed by atoms with van der Waals surface area (Å²) in [5.41, 5.74) is -1.05. The third kappa shape index (κ3) is 8.28. The minimum absolute atomic E-state index is 0.0465. The van der Waals surface area contributed by atoms with E-state index >= 15 is 0 Å². The molecule has 2 aromatic carbocycles. The highest BCUT2D eigenvalue weighted by molar-refractivity contribution is 6.31. The van der Waals surface area contributed by atoms with Crippen molar-refractivity contribution in [2.75, 3.05) is 19.7 Å². The second kappa shape index (κ2) is 11.1. The van der Waals surface area contributed by atoms with Crippen LogP contribution in [0.2, 0.25) is 5.02 Å². The Morgan fingerprint density at radius 1 is 0.971 bits per heavy atom. The number of hydrogen-bond donors (Lipinski definition) is 1. The molecular weight excluding hydrogens is 498 g/mol. The van der Waals surface area contributed by atoms with Crippen molar-refractivity contribution in [3.05, 3.63) is 64.2 Å². The maximum Gasteiger partial charge on any atom is 0.416 e. The molecule has 0 spiro atoms. The molecular formula is C22H22ClF8NO2. The first-order chi connectivity index (χ1) is 15.6. The number of hydrogen-bond acceptors (Lipinski definition) is 3. The number of ether oxygens (including phenoxy) is 1. The van der Waals surface area contributed by atoms with E-state index < -0.39 is 61.7 Å². The van der Waals surface area contributed by atoms with Gasteiger partial charge in [-0.1, -0.05) is 36.7 Å². The minimum Gasteiger partial charge on any atom is -0.487 e. The molecule has 0 aliphatic carbocycles. The Kier molecular flexibility index (Phi) is 9.17. The summed E-state index contributed by atoms with van der Waals surface area (Å²) in [7, 11) is 0. The lowest BCUT2D eigenvalue weighted by molar-refractivity contribution is -0.211. The van der Waals surface area contributed by atoms with E-state index in [1.807, 2.05) is 0 Å². The molecule has 0 amide bonds. The van der Waals surface area contributed by atoms with Gasteiger partial charge in [-0.3, -0.25) is 4.90 Å². The zero-order valence-electron chi connectivity index (χ0n) is 17.9. The van der Waals surface area contributed by atoms with E-state index in [-0.39, 0.29) is 5.75 Å². The smallest absolute Gasteiger partial charge is 0.416 e. The number of nitrogens with zero attached hydrogens (tertiary/aromatic N) is 1. The van der Waals surface area contributed by atoms with Crippen molar-refractivity contribution in [1.29, 1.82) is 0 Å². The molecule has 0 heterocycles. The number of rotatable bonds is 10. The van der Waals surface area contributed by atoms with E-state index in [1.54, 1.807) is 6.92 Å². The molecule has 3 nitrogen and oxygen atoms in total. The van der Waals surface area contributed by atoms with Gasteiger partial charge in [-0.2, -0.15) is 26.3 Å². The van der Waals surface area contributed by atoms with Crippen LogP contribution in [0.25, 0.3) is 0 Å². The normalized spacial score (nSPS) is 13.9. The number of aryl methyl sites for hydroxylation is 1. The SMILES string of the molecule is CCc1cc(OCC(F)(F)CN(Cc2ccccc2C(F)(F)F)CC(O)C(F)(F)F)ccc1Cl. The summed E-state index contributed by atoms with van der Waals surface area (Å²) in [4.78, 5) is 0.422. The molecule has 2 aromatic rings. The summed E-state index contributed by atoms with van der Waals surface area (Å²) >= 11 is 5.96. The van der Waals surface area contributed by atoms with Gasteiger partial charge in [0.2, 0.25) is 0 Å². The summed E-state index contributed by atoms with van der Waals surface area (Å²) in [6.07, 6.45) is -12.5. The summed E-state index contributed by atoms with van der Waals surface area (Å²) < 4.78 is 113. The fourth-order valence-corrected chi connectivity index (χ4v) is 3.43. The number of aliphatic hydroxyl groups is 1. The maximum absolute atomic E-state index is 14.6. The highest BCUT2D eigenvalue weighted by Gasteiger charge is 2.42. The van der Waals surface area contributed by atoms with E-state index in [9.17, 15) is 40.2 Å². The van der Waals surface area contributed by atoms with Crippen LogP contribution in [0.5, 0.6) is 5.75 Å². The molecule has 0 bridgehead atoms. The van der Waals surface area contributed by atoms with Crippen LogP contribution in [-0.4, -0.2) is 47.9 Å². The largest absolute Gasteiger partial charge is 0.487 e. The predicted octanol–water partition coefficient (Wildman–Crippen LogP) is 6.36. The molecule has 1 unspecified atom stereocenters. The summed E-state index contributed by atoms with van der Waals surface area (Å²) in [6, 6.07) is 8.15. The molecule has 0 aromatic heterocycles. The van der Waals surface area contributed by atoms with Gasteiger partial charge < -0.3 is 9.84 Å². The topological polar surface area (TPSA) is 32.7 Å². The molecule has 190 valence electrons. The second-order valence-electron chi connectivity index (χ2n) is 7.63. The standard InChI is InChI=1S/C22H22ClF8NO2/c1-2-14-9-16(7-8-18(14)23)34-13-20(24,25)12-32(11-19(33)22(29,30)31)10-15-5-3-4-6-17(15)21(26,27)28/h3-9,19,33H,2,10-13H2,1H3. The lowest BCUT2D eigenvalue weighted by Crippen LogP contribution is -2.47. The monoisotopic (exact) mass is 519 g/mol. The Hall–Kier alpha value is -2.11. The van der Waals surface area contributed by atoms with Crippen LogP contribution >= 0.6 is 11.6 Å². The number of halogens is 9. The zero-order chi connectivity index (χ0) is 25.7. The van der Waals surface area contributed by atoms with Gasteiger partial charge in [-0.15, -0.1) is 0 Å².